The predicted molar refractivity (Wildman–Crippen MR) is 102 cm³/mol. The third kappa shape index (κ3) is 4.28. The number of anilines is 1. The predicted octanol–water partition coefficient (Wildman–Crippen LogP) is 4.05. The molecular formula is C20H21BrN2O2. The number of aryl methyl sites for hydroxylation is 2. The van der Waals surface area contributed by atoms with E-state index < -0.39 is 0 Å². The molecule has 0 radical (unpaired) electrons. The summed E-state index contributed by atoms with van der Waals surface area (Å²) in [7, 11) is 0. The van der Waals surface area contributed by atoms with E-state index in [0.717, 1.165) is 21.3 Å². The molecule has 1 aliphatic rings. The summed E-state index contributed by atoms with van der Waals surface area (Å²) in [4.78, 5) is 26.5. The molecule has 0 bridgehead atoms. The maximum Gasteiger partial charge on any atom is 0.229 e. The molecule has 0 aliphatic carbocycles. The van der Waals surface area contributed by atoms with Crippen molar-refractivity contribution in [3.63, 3.8) is 0 Å². The van der Waals surface area contributed by atoms with Crippen molar-refractivity contribution in [3.8, 4) is 0 Å². The second kappa shape index (κ2) is 7.40. The van der Waals surface area contributed by atoms with Crippen LogP contribution in [0.25, 0.3) is 0 Å². The average Bonchev–Trinajstić information content (AvgIpc) is 2.94. The van der Waals surface area contributed by atoms with Crippen molar-refractivity contribution in [2.45, 2.75) is 26.8 Å². The molecule has 130 valence electrons. The first-order valence-electron chi connectivity index (χ1n) is 8.32. The molecule has 1 saturated heterocycles. The molecule has 1 fully saturated rings. The maximum absolute atomic E-state index is 12.5. The van der Waals surface area contributed by atoms with Crippen molar-refractivity contribution in [1.82, 2.24) is 4.90 Å². The Morgan fingerprint density at radius 1 is 1.20 bits per heavy atom. The molecule has 0 aromatic heterocycles. The number of benzene rings is 2. The Morgan fingerprint density at radius 3 is 2.60 bits per heavy atom. The van der Waals surface area contributed by atoms with Gasteiger partial charge in [0.15, 0.2) is 0 Å². The van der Waals surface area contributed by atoms with Gasteiger partial charge in [-0.25, -0.2) is 0 Å². The lowest BCUT2D eigenvalue weighted by Gasteiger charge is -2.17. The Bertz CT molecular complexity index is 802. The van der Waals surface area contributed by atoms with Crippen molar-refractivity contribution in [3.05, 3.63) is 63.6 Å². The van der Waals surface area contributed by atoms with Gasteiger partial charge in [0.05, 0.1) is 5.92 Å². The summed E-state index contributed by atoms with van der Waals surface area (Å²) in [5.74, 6) is -0.365. The highest BCUT2D eigenvalue weighted by atomic mass is 79.9. The van der Waals surface area contributed by atoms with Crippen molar-refractivity contribution in [1.29, 1.82) is 0 Å². The smallest absolute Gasteiger partial charge is 0.229 e. The number of hydrogen-bond acceptors (Lipinski definition) is 2. The van der Waals surface area contributed by atoms with Gasteiger partial charge in [-0.3, -0.25) is 9.59 Å². The Kier molecular flexibility index (Phi) is 5.23. The Balaban J connectivity index is 1.62. The second-order valence-electron chi connectivity index (χ2n) is 6.61. The fourth-order valence-corrected chi connectivity index (χ4v) is 3.23. The first-order valence-corrected chi connectivity index (χ1v) is 9.12. The zero-order valence-electron chi connectivity index (χ0n) is 14.4. The first-order chi connectivity index (χ1) is 11.9. The third-order valence-electron chi connectivity index (χ3n) is 4.50. The van der Waals surface area contributed by atoms with Crippen molar-refractivity contribution in [2.24, 2.45) is 5.92 Å². The van der Waals surface area contributed by atoms with Crippen molar-refractivity contribution in [2.75, 3.05) is 11.9 Å². The maximum atomic E-state index is 12.5. The number of amides is 2. The van der Waals surface area contributed by atoms with E-state index in [2.05, 4.69) is 21.2 Å². The van der Waals surface area contributed by atoms with Crippen LogP contribution >= 0.6 is 15.9 Å². The lowest BCUT2D eigenvalue weighted by Crippen LogP contribution is -2.28. The molecule has 1 N–H and O–H groups in total. The number of carbonyl (C=O) groups is 2. The van der Waals surface area contributed by atoms with Crippen LogP contribution in [-0.2, 0) is 16.1 Å². The van der Waals surface area contributed by atoms with E-state index in [4.69, 9.17) is 0 Å². The zero-order chi connectivity index (χ0) is 18.0. The van der Waals surface area contributed by atoms with Gasteiger partial charge in [0.25, 0.3) is 0 Å². The van der Waals surface area contributed by atoms with Gasteiger partial charge < -0.3 is 10.2 Å². The second-order valence-corrected chi connectivity index (χ2v) is 7.47. The summed E-state index contributed by atoms with van der Waals surface area (Å²) in [5, 5.41) is 2.93. The normalized spacial score (nSPS) is 17.0. The SMILES string of the molecule is Cc1ccc(CN2C[C@@H](C(=O)Nc3ccc(Br)c(C)c3)CC2=O)cc1. The van der Waals surface area contributed by atoms with Gasteiger partial charge in [0.1, 0.15) is 0 Å². The topological polar surface area (TPSA) is 49.4 Å². The molecule has 0 saturated carbocycles. The molecule has 2 amide bonds. The highest BCUT2D eigenvalue weighted by Crippen LogP contribution is 2.24. The van der Waals surface area contributed by atoms with E-state index in [0.29, 0.717) is 13.1 Å². The van der Waals surface area contributed by atoms with Gasteiger partial charge in [-0.2, -0.15) is 0 Å². The van der Waals surface area contributed by atoms with E-state index in [9.17, 15) is 9.59 Å². The van der Waals surface area contributed by atoms with E-state index in [-0.39, 0.29) is 24.2 Å². The van der Waals surface area contributed by atoms with Crippen LogP contribution in [0.15, 0.2) is 46.9 Å². The van der Waals surface area contributed by atoms with Gasteiger partial charge >= 0.3 is 0 Å². The Labute approximate surface area is 156 Å². The number of nitrogens with one attached hydrogen (secondary N) is 1. The number of nitrogens with zero attached hydrogens (tertiary/aromatic N) is 1. The standard InChI is InChI=1S/C20H21BrN2O2/c1-13-3-5-15(6-4-13)11-23-12-16(10-19(23)24)20(25)22-17-7-8-18(21)14(2)9-17/h3-9,16H,10-12H2,1-2H3,(H,22,25)/t16-/m0/s1. The molecule has 1 heterocycles. The van der Waals surface area contributed by atoms with E-state index in [1.807, 2.05) is 56.3 Å². The number of likely N-dealkylation sites (tertiary alicyclic amines) is 1. The minimum atomic E-state index is -0.304. The molecule has 0 spiro atoms. The summed E-state index contributed by atoms with van der Waals surface area (Å²) in [6.07, 6.45) is 0.271. The largest absolute Gasteiger partial charge is 0.338 e. The van der Waals surface area contributed by atoms with Crippen LogP contribution in [-0.4, -0.2) is 23.3 Å². The monoisotopic (exact) mass is 400 g/mol. The molecular weight excluding hydrogens is 380 g/mol. The van der Waals surface area contributed by atoms with Gasteiger partial charge in [-0.05, 0) is 43.2 Å². The zero-order valence-corrected chi connectivity index (χ0v) is 16.0. The van der Waals surface area contributed by atoms with E-state index in [1.165, 1.54) is 5.56 Å². The van der Waals surface area contributed by atoms with Crippen LogP contribution in [0.1, 0.15) is 23.1 Å². The van der Waals surface area contributed by atoms with Crippen molar-refractivity contribution >= 4 is 33.4 Å². The van der Waals surface area contributed by atoms with E-state index in [1.54, 1.807) is 4.90 Å². The summed E-state index contributed by atoms with van der Waals surface area (Å²) in [6.45, 7) is 5.03. The fraction of sp³-hybridized carbons (Fsp3) is 0.300. The van der Waals surface area contributed by atoms with Gasteiger partial charge in [0, 0.05) is 29.7 Å². The molecule has 0 unspecified atom stereocenters. The first kappa shape index (κ1) is 17.7. The molecule has 1 atom stereocenters. The number of carbonyl (C=O) groups excluding carboxylic acids is 2. The average molecular weight is 401 g/mol. The summed E-state index contributed by atoms with van der Waals surface area (Å²) >= 11 is 3.45. The molecule has 1 aliphatic heterocycles. The molecule has 25 heavy (non-hydrogen) atoms. The third-order valence-corrected chi connectivity index (χ3v) is 5.39. The fourth-order valence-electron chi connectivity index (χ4n) is 2.98. The summed E-state index contributed by atoms with van der Waals surface area (Å²) in [6, 6.07) is 13.8. The Morgan fingerprint density at radius 2 is 1.92 bits per heavy atom. The molecule has 4 nitrogen and oxygen atoms in total. The van der Waals surface area contributed by atoms with Crippen LogP contribution in [0, 0.1) is 19.8 Å². The van der Waals surface area contributed by atoms with Crippen LogP contribution < -0.4 is 5.32 Å². The summed E-state index contributed by atoms with van der Waals surface area (Å²) < 4.78 is 1.01. The summed E-state index contributed by atoms with van der Waals surface area (Å²) in [5.41, 5.74) is 4.10. The lowest BCUT2D eigenvalue weighted by atomic mass is 10.1. The van der Waals surface area contributed by atoms with Crippen molar-refractivity contribution < 1.29 is 9.59 Å². The van der Waals surface area contributed by atoms with E-state index >= 15 is 0 Å². The Hall–Kier alpha value is -2.14. The lowest BCUT2D eigenvalue weighted by molar-refractivity contribution is -0.128. The minimum absolute atomic E-state index is 0.0349. The highest BCUT2D eigenvalue weighted by molar-refractivity contribution is 9.10. The highest BCUT2D eigenvalue weighted by Gasteiger charge is 2.34. The number of hydrogen-bond donors (Lipinski definition) is 1. The van der Waals surface area contributed by atoms with Crippen LogP contribution in [0.5, 0.6) is 0 Å². The minimum Gasteiger partial charge on any atom is -0.338 e. The molecule has 3 rings (SSSR count). The van der Waals surface area contributed by atoms with Crippen LogP contribution in [0.3, 0.4) is 0 Å². The number of rotatable bonds is 4. The molecule has 2 aromatic carbocycles. The van der Waals surface area contributed by atoms with Crippen LogP contribution in [0.2, 0.25) is 0 Å². The van der Waals surface area contributed by atoms with Gasteiger partial charge in [-0.15, -0.1) is 0 Å². The van der Waals surface area contributed by atoms with Crippen LogP contribution in [0.4, 0.5) is 5.69 Å². The molecule has 2 aromatic rings. The van der Waals surface area contributed by atoms with Gasteiger partial charge in [-0.1, -0.05) is 45.8 Å². The number of halogens is 1. The quantitative estimate of drug-likeness (QED) is 0.841. The van der Waals surface area contributed by atoms with Gasteiger partial charge in [0.2, 0.25) is 11.8 Å². The molecule has 5 heteroatoms.